The van der Waals surface area contributed by atoms with Crippen molar-refractivity contribution in [1.29, 1.82) is 0 Å². The lowest BCUT2D eigenvalue weighted by molar-refractivity contribution is 0.239. The molecule has 1 heterocycles. The minimum Gasteiger partial charge on any atom is -0.508 e. The Labute approximate surface area is 107 Å². The lowest BCUT2D eigenvalue weighted by Crippen LogP contribution is -2.49. The maximum Gasteiger partial charge on any atom is 0.211 e. The third-order valence-corrected chi connectivity index (χ3v) is 4.83. The van der Waals surface area contributed by atoms with Crippen LogP contribution >= 0.6 is 0 Å². The van der Waals surface area contributed by atoms with Crippen LogP contribution < -0.4 is 5.73 Å². The topological polar surface area (TPSA) is 83.6 Å². The highest BCUT2D eigenvalue weighted by Gasteiger charge is 2.34. The maximum atomic E-state index is 11.4. The summed E-state index contributed by atoms with van der Waals surface area (Å²) in [6.07, 6.45) is 2.40. The molecule has 0 aromatic heterocycles. The highest BCUT2D eigenvalue weighted by molar-refractivity contribution is 7.88. The van der Waals surface area contributed by atoms with Gasteiger partial charge in [-0.3, -0.25) is 0 Å². The number of hydrogen-bond donors (Lipinski definition) is 2. The molecule has 5 nitrogen and oxygen atoms in total. The van der Waals surface area contributed by atoms with Crippen LogP contribution in [0.25, 0.3) is 0 Å². The molecule has 0 bridgehead atoms. The van der Waals surface area contributed by atoms with Gasteiger partial charge in [-0.1, -0.05) is 12.1 Å². The molecule has 1 aromatic rings. The number of piperidine rings is 1. The number of benzene rings is 1. The summed E-state index contributed by atoms with van der Waals surface area (Å²) in [5, 5.41) is 9.26. The van der Waals surface area contributed by atoms with Gasteiger partial charge in [-0.05, 0) is 30.5 Å². The first-order valence-electron chi connectivity index (χ1n) is 5.85. The Hall–Kier alpha value is -1.11. The molecular formula is C12H18N2O3S. The van der Waals surface area contributed by atoms with Crippen molar-refractivity contribution in [2.75, 3.05) is 19.3 Å². The maximum absolute atomic E-state index is 11.4. The number of phenolic OH excluding ortho intramolecular Hbond substituents is 1. The molecular weight excluding hydrogens is 252 g/mol. The number of nitrogens with zero attached hydrogens (tertiary/aromatic N) is 1. The quantitative estimate of drug-likeness (QED) is 0.824. The fourth-order valence-corrected chi connectivity index (χ4v) is 3.14. The Morgan fingerprint density at radius 3 is 2.17 bits per heavy atom. The van der Waals surface area contributed by atoms with Crippen LogP contribution in [0.2, 0.25) is 0 Å². The van der Waals surface area contributed by atoms with Crippen LogP contribution in [-0.4, -0.2) is 37.2 Å². The smallest absolute Gasteiger partial charge is 0.211 e. The van der Waals surface area contributed by atoms with Gasteiger partial charge >= 0.3 is 0 Å². The SMILES string of the molecule is CS(=O)(=O)N1CCC(N)(c2ccc(O)cc2)CC1. The van der Waals surface area contributed by atoms with E-state index in [0.717, 1.165) is 5.56 Å². The first-order valence-corrected chi connectivity index (χ1v) is 7.70. The average molecular weight is 270 g/mol. The number of hydrogen-bond acceptors (Lipinski definition) is 4. The number of rotatable bonds is 2. The third kappa shape index (κ3) is 2.66. The van der Waals surface area contributed by atoms with E-state index >= 15 is 0 Å². The van der Waals surface area contributed by atoms with Gasteiger partial charge in [-0.25, -0.2) is 12.7 Å². The second kappa shape index (κ2) is 4.53. The fraction of sp³-hybridized carbons (Fsp3) is 0.500. The third-order valence-electron chi connectivity index (χ3n) is 3.53. The van der Waals surface area contributed by atoms with Crippen LogP contribution in [0.4, 0.5) is 0 Å². The molecule has 1 aliphatic heterocycles. The molecule has 0 spiro atoms. The standard InChI is InChI=1S/C12H18N2O3S/c1-18(16,17)14-8-6-12(13,7-9-14)10-2-4-11(15)5-3-10/h2-5,15H,6-9,13H2,1H3. The van der Waals surface area contributed by atoms with Gasteiger partial charge in [0.25, 0.3) is 0 Å². The normalized spacial score (nSPS) is 20.8. The summed E-state index contributed by atoms with van der Waals surface area (Å²) in [4.78, 5) is 0. The molecule has 0 radical (unpaired) electrons. The van der Waals surface area contributed by atoms with Crippen molar-refractivity contribution in [1.82, 2.24) is 4.31 Å². The zero-order valence-corrected chi connectivity index (χ0v) is 11.2. The lowest BCUT2D eigenvalue weighted by atomic mass is 9.82. The van der Waals surface area contributed by atoms with E-state index < -0.39 is 15.6 Å². The van der Waals surface area contributed by atoms with Crippen molar-refractivity contribution in [3.63, 3.8) is 0 Å². The van der Waals surface area contributed by atoms with Crippen LogP contribution in [0, 0.1) is 0 Å². The fourth-order valence-electron chi connectivity index (χ4n) is 2.30. The summed E-state index contributed by atoms with van der Waals surface area (Å²) in [5.74, 6) is 0.205. The highest BCUT2D eigenvalue weighted by atomic mass is 32.2. The Morgan fingerprint density at radius 2 is 1.72 bits per heavy atom. The molecule has 18 heavy (non-hydrogen) atoms. The van der Waals surface area contributed by atoms with E-state index in [1.54, 1.807) is 24.3 Å². The molecule has 0 amide bonds. The van der Waals surface area contributed by atoms with Gasteiger partial charge in [0.05, 0.1) is 6.26 Å². The Balaban J connectivity index is 2.14. The molecule has 1 saturated heterocycles. The predicted molar refractivity (Wildman–Crippen MR) is 69.6 cm³/mol. The Bertz CT molecular complexity index is 517. The molecule has 1 aliphatic rings. The second-order valence-corrected chi connectivity index (χ2v) is 6.85. The van der Waals surface area contributed by atoms with E-state index in [-0.39, 0.29) is 5.75 Å². The summed E-state index contributed by atoms with van der Waals surface area (Å²) in [6.45, 7) is 0.881. The lowest BCUT2D eigenvalue weighted by Gasteiger charge is -2.38. The van der Waals surface area contributed by atoms with Crippen molar-refractivity contribution >= 4 is 10.0 Å². The summed E-state index contributed by atoms with van der Waals surface area (Å²) in [7, 11) is -3.13. The number of phenols is 1. The van der Waals surface area contributed by atoms with Gasteiger partial charge in [-0.15, -0.1) is 0 Å². The Kier molecular flexibility index (Phi) is 3.35. The largest absolute Gasteiger partial charge is 0.508 e. The van der Waals surface area contributed by atoms with Crippen molar-refractivity contribution in [3.8, 4) is 5.75 Å². The monoisotopic (exact) mass is 270 g/mol. The first-order chi connectivity index (χ1) is 8.31. The minimum atomic E-state index is -3.13. The van der Waals surface area contributed by atoms with Crippen LogP contribution in [0.1, 0.15) is 18.4 Å². The predicted octanol–water partition coefficient (Wildman–Crippen LogP) is 0.602. The van der Waals surface area contributed by atoms with Crippen LogP contribution in [0.15, 0.2) is 24.3 Å². The first kappa shape index (κ1) is 13.3. The molecule has 6 heteroatoms. The number of nitrogens with two attached hydrogens (primary N) is 1. The van der Waals surface area contributed by atoms with Crippen LogP contribution in [-0.2, 0) is 15.6 Å². The van der Waals surface area contributed by atoms with E-state index in [1.807, 2.05) is 0 Å². The van der Waals surface area contributed by atoms with Gasteiger partial charge in [0, 0.05) is 18.6 Å². The van der Waals surface area contributed by atoms with E-state index in [1.165, 1.54) is 10.6 Å². The van der Waals surface area contributed by atoms with E-state index in [0.29, 0.717) is 25.9 Å². The summed E-state index contributed by atoms with van der Waals surface area (Å²) >= 11 is 0. The summed E-state index contributed by atoms with van der Waals surface area (Å²) < 4.78 is 24.3. The van der Waals surface area contributed by atoms with Crippen molar-refractivity contribution in [3.05, 3.63) is 29.8 Å². The highest BCUT2D eigenvalue weighted by Crippen LogP contribution is 2.31. The molecule has 0 aliphatic carbocycles. The van der Waals surface area contributed by atoms with E-state index in [9.17, 15) is 13.5 Å². The summed E-state index contributed by atoms with van der Waals surface area (Å²) in [5.41, 5.74) is 6.77. The molecule has 3 N–H and O–H groups in total. The zero-order valence-electron chi connectivity index (χ0n) is 10.3. The number of sulfonamides is 1. The van der Waals surface area contributed by atoms with Crippen molar-refractivity contribution < 1.29 is 13.5 Å². The second-order valence-electron chi connectivity index (χ2n) is 4.87. The van der Waals surface area contributed by atoms with E-state index in [2.05, 4.69) is 0 Å². The Morgan fingerprint density at radius 1 is 1.22 bits per heavy atom. The number of aromatic hydroxyl groups is 1. The zero-order chi connectivity index (χ0) is 13.4. The molecule has 0 saturated carbocycles. The average Bonchev–Trinajstić information content (AvgIpc) is 2.29. The van der Waals surface area contributed by atoms with Gasteiger partial charge in [-0.2, -0.15) is 0 Å². The van der Waals surface area contributed by atoms with Crippen molar-refractivity contribution in [2.24, 2.45) is 5.73 Å². The minimum absolute atomic E-state index is 0.205. The van der Waals surface area contributed by atoms with Gasteiger partial charge in [0.2, 0.25) is 10.0 Å². The molecule has 100 valence electrons. The molecule has 2 rings (SSSR count). The molecule has 1 aromatic carbocycles. The van der Waals surface area contributed by atoms with Gasteiger partial charge in [0.1, 0.15) is 5.75 Å². The van der Waals surface area contributed by atoms with E-state index in [4.69, 9.17) is 5.73 Å². The van der Waals surface area contributed by atoms with Crippen LogP contribution in [0.3, 0.4) is 0 Å². The van der Waals surface area contributed by atoms with Gasteiger partial charge < -0.3 is 10.8 Å². The molecule has 0 atom stereocenters. The van der Waals surface area contributed by atoms with Crippen molar-refractivity contribution in [2.45, 2.75) is 18.4 Å². The van der Waals surface area contributed by atoms with Gasteiger partial charge in [0.15, 0.2) is 0 Å². The van der Waals surface area contributed by atoms with Crippen LogP contribution in [0.5, 0.6) is 5.75 Å². The molecule has 0 unspecified atom stereocenters. The summed E-state index contributed by atoms with van der Waals surface area (Å²) in [6, 6.07) is 6.80. The molecule has 1 fully saturated rings.